The maximum absolute atomic E-state index is 12.8. The van der Waals surface area contributed by atoms with Gasteiger partial charge in [-0.15, -0.1) is 10.2 Å². The van der Waals surface area contributed by atoms with Crippen LogP contribution in [0.5, 0.6) is 0 Å². The lowest BCUT2D eigenvalue weighted by atomic mass is 9.87. The number of ketones is 1. The Hall–Kier alpha value is -3.28. The summed E-state index contributed by atoms with van der Waals surface area (Å²) in [5.74, 6) is 1.55. The van der Waals surface area contributed by atoms with Gasteiger partial charge in [0.15, 0.2) is 11.6 Å². The van der Waals surface area contributed by atoms with Crippen LogP contribution >= 0.6 is 0 Å². The van der Waals surface area contributed by atoms with E-state index in [4.69, 9.17) is 4.98 Å². The Morgan fingerprint density at radius 3 is 2.62 bits per heavy atom. The molecule has 4 aromatic rings. The van der Waals surface area contributed by atoms with Crippen molar-refractivity contribution in [2.75, 3.05) is 5.32 Å². The molecule has 0 amide bonds. The largest absolute Gasteiger partial charge is 0.364 e. The molecule has 2 heterocycles. The summed E-state index contributed by atoms with van der Waals surface area (Å²) < 4.78 is 1.91. The van der Waals surface area contributed by atoms with E-state index in [2.05, 4.69) is 22.4 Å². The number of rotatable bonds is 4. The predicted molar refractivity (Wildman–Crippen MR) is 113 cm³/mol. The molecular weight excluding hydrogens is 362 g/mol. The molecule has 6 nitrogen and oxygen atoms in total. The van der Waals surface area contributed by atoms with E-state index in [9.17, 15) is 4.79 Å². The van der Waals surface area contributed by atoms with Crippen LogP contribution in [0, 0.1) is 5.92 Å². The van der Waals surface area contributed by atoms with Crippen molar-refractivity contribution >= 4 is 28.3 Å². The number of nitrogens with zero attached hydrogens (tertiary/aromatic N) is 4. The van der Waals surface area contributed by atoms with Gasteiger partial charge in [-0.25, -0.2) is 4.98 Å². The molecule has 0 unspecified atom stereocenters. The lowest BCUT2D eigenvalue weighted by Crippen LogP contribution is -2.26. The van der Waals surface area contributed by atoms with E-state index in [1.54, 1.807) is 6.33 Å². The van der Waals surface area contributed by atoms with E-state index in [0.717, 1.165) is 35.6 Å². The van der Waals surface area contributed by atoms with E-state index in [-0.39, 0.29) is 5.78 Å². The predicted octanol–water partition coefficient (Wildman–Crippen LogP) is 4.50. The molecule has 0 bridgehead atoms. The van der Waals surface area contributed by atoms with Crippen LogP contribution in [0.4, 0.5) is 5.82 Å². The number of benzene rings is 2. The molecule has 1 N–H and O–H groups in total. The molecule has 6 heteroatoms. The smallest absolute Gasteiger partial charge is 0.203 e. The van der Waals surface area contributed by atoms with Crippen LogP contribution in [0.2, 0.25) is 0 Å². The number of fused-ring (bicyclic) bond motifs is 3. The SMILES string of the molecule is CC1CCC(Nc2nc3ccc(C(=O)c4ccccc4)cc3n3cnnc23)CC1. The second kappa shape index (κ2) is 7.28. The minimum Gasteiger partial charge on any atom is -0.364 e. The lowest BCUT2D eigenvalue weighted by molar-refractivity contribution is 0.103. The Labute approximate surface area is 169 Å². The van der Waals surface area contributed by atoms with Crippen LogP contribution in [-0.2, 0) is 0 Å². The molecule has 0 saturated heterocycles. The van der Waals surface area contributed by atoms with Crippen molar-refractivity contribution in [3.63, 3.8) is 0 Å². The molecule has 1 saturated carbocycles. The van der Waals surface area contributed by atoms with Gasteiger partial charge in [0.05, 0.1) is 11.0 Å². The molecule has 29 heavy (non-hydrogen) atoms. The summed E-state index contributed by atoms with van der Waals surface area (Å²) in [6, 6.07) is 15.3. The number of hydrogen-bond donors (Lipinski definition) is 1. The van der Waals surface area contributed by atoms with E-state index >= 15 is 0 Å². The van der Waals surface area contributed by atoms with Crippen molar-refractivity contribution in [1.82, 2.24) is 19.6 Å². The number of hydrogen-bond acceptors (Lipinski definition) is 5. The zero-order chi connectivity index (χ0) is 19.8. The first kappa shape index (κ1) is 17.8. The summed E-state index contributed by atoms with van der Waals surface area (Å²) in [5, 5.41) is 12.0. The van der Waals surface area contributed by atoms with Crippen molar-refractivity contribution < 1.29 is 4.79 Å². The molecule has 1 aliphatic rings. The molecule has 0 aliphatic heterocycles. The van der Waals surface area contributed by atoms with Gasteiger partial charge in [-0.2, -0.15) is 0 Å². The first-order chi connectivity index (χ1) is 14.2. The average Bonchev–Trinajstić information content (AvgIpc) is 3.26. The zero-order valence-corrected chi connectivity index (χ0v) is 16.4. The second-order valence-corrected chi connectivity index (χ2v) is 7.98. The highest BCUT2D eigenvalue weighted by atomic mass is 16.1. The van der Waals surface area contributed by atoms with Crippen LogP contribution in [0.3, 0.4) is 0 Å². The van der Waals surface area contributed by atoms with Crippen LogP contribution in [-0.4, -0.2) is 31.4 Å². The molecule has 2 aromatic carbocycles. The molecule has 0 spiro atoms. The van der Waals surface area contributed by atoms with E-state index in [0.29, 0.717) is 22.8 Å². The standard InChI is InChI=1S/C23H23N5O/c1-15-7-10-18(11-8-15)25-22-23-27-24-14-28(23)20-13-17(9-12-19(20)26-22)21(29)16-5-3-2-4-6-16/h2-6,9,12-15,18H,7-8,10-11H2,1H3,(H,25,26). The van der Waals surface area contributed by atoms with Gasteiger partial charge in [0, 0.05) is 17.2 Å². The summed E-state index contributed by atoms with van der Waals surface area (Å²) in [6.45, 7) is 2.32. The Balaban J connectivity index is 1.53. The Morgan fingerprint density at radius 2 is 1.83 bits per heavy atom. The van der Waals surface area contributed by atoms with Crippen LogP contribution in [0.25, 0.3) is 16.7 Å². The van der Waals surface area contributed by atoms with E-state index in [1.807, 2.05) is 52.9 Å². The molecule has 146 valence electrons. The number of aromatic nitrogens is 4. The third-order valence-corrected chi connectivity index (χ3v) is 5.88. The molecule has 1 fully saturated rings. The summed E-state index contributed by atoms with van der Waals surface area (Å²) >= 11 is 0. The monoisotopic (exact) mass is 385 g/mol. The summed E-state index contributed by atoms with van der Waals surface area (Å²) in [7, 11) is 0. The Bertz CT molecular complexity index is 1180. The second-order valence-electron chi connectivity index (χ2n) is 7.98. The molecule has 0 radical (unpaired) electrons. The van der Waals surface area contributed by atoms with Gasteiger partial charge in [0.25, 0.3) is 0 Å². The summed E-state index contributed by atoms with van der Waals surface area (Å²) in [6.07, 6.45) is 6.44. The minimum atomic E-state index is -0.00717. The van der Waals surface area contributed by atoms with E-state index < -0.39 is 0 Å². The highest BCUT2D eigenvalue weighted by molar-refractivity contribution is 6.10. The number of carbonyl (C=O) groups is 1. The normalized spacial score (nSPS) is 19.5. The van der Waals surface area contributed by atoms with Gasteiger partial charge in [0.2, 0.25) is 5.65 Å². The van der Waals surface area contributed by atoms with Gasteiger partial charge in [0.1, 0.15) is 6.33 Å². The molecular formula is C23H23N5O. The minimum absolute atomic E-state index is 0.00717. The van der Waals surface area contributed by atoms with Crippen LogP contribution < -0.4 is 5.32 Å². The van der Waals surface area contributed by atoms with Gasteiger partial charge in [-0.05, 0) is 49.8 Å². The fourth-order valence-electron chi connectivity index (χ4n) is 4.15. The van der Waals surface area contributed by atoms with Crippen molar-refractivity contribution in [3.05, 3.63) is 66.0 Å². The maximum atomic E-state index is 12.8. The van der Waals surface area contributed by atoms with Gasteiger partial charge in [-0.1, -0.05) is 37.3 Å². The third-order valence-electron chi connectivity index (χ3n) is 5.88. The van der Waals surface area contributed by atoms with Gasteiger partial charge < -0.3 is 5.32 Å². The highest BCUT2D eigenvalue weighted by Crippen LogP contribution is 2.28. The number of anilines is 1. The Kier molecular flexibility index (Phi) is 4.46. The molecule has 1 aliphatic carbocycles. The highest BCUT2D eigenvalue weighted by Gasteiger charge is 2.21. The lowest BCUT2D eigenvalue weighted by Gasteiger charge is -2.27. The maximum Gasteiger partial charge on any atom is 0.203 e. The summed E-state index contributed by atoms with van der Waals surface area (Å²) in [4.78, 5) is 17.7. The zero-order valence-electron chi connectivity index (χ0n) is 16.4. The fourth-order valence-corrected chi connectivity index (χ4v) is 4.15. The van der Waals surface area contributed by atoms with Crippen molar-refractivity contribution in [1.29, 1.82) is 0 Å². The first-order valence-electron chi connectivity index (χ1n) is 10.2. The van der Waals surface area contributed by atoms with Crippen LogP contribution in [0.1, 0.15) is 48.5 Å². The fraction of sp³-hybridized carbons (Fsp3) is 0.304. The van der Waals surface area contributed by atoms with E-state index in [1.165, 1.54) is 12.8 Å². The molecule has 0 atom stereocenters. The van der Waals surface area contributed by atoms with Gasteiger partial charge >= 0.3 is 0 Å². The van der Waals surface area contributed by atoms with Gasteiger partial charge in [-0.3, -0.25) is 9.20 Å². The number of nitrogens with one attached hydrogen (secondary N) is 1. The number of carbonyl (C=O) groups excluding carboxylic acids is 1. The third kappa shape index (κ3) is 3.35. The molecule has 2 aromatic heterocycles. The molecule has 5 rings (SSSR count). The topological polar surface area (TPSA) is 72.2 Å². The van der Waals surface area contributed by atoms with Crippen molar-refractivity contribution in [2.24, 2.45) is 5.92 Å². The quantitative estimate of drug-likeness (QED) is 0.524. The summed E-state index contributed by atoms with van der Waals surface area (Å²) in [5.41, 5.74) is 3.63. The van der Waals surface area contributed by atoms with Crippen molar-refractivity contribution in [2.45, 2.75) is 38.6 Å². The van der Waals surface area contributed by atoms with Crippen molar-refractivity contribution in [3.8, 4) is 0 Å². The van der Waals surface area contributed by atoms with Crippen LogP contribution in [0.15, 0.2) is 54.9 Å². The Morgan fingerprint density at radius 1 is 1.03 bits per heavy atom. The first-order valence-corrected chi connectivity index (χ1v) is 10.2. The average molecular weight is 385 g/mol.